The fraction of sp³-hybridized carbons (Fsp3) is 0.200. The summed E-state index contributed by atoms with van der Waals surface area (Å²) >= 11 is 3.22. The van der Waals surface area contributed by atoms with E-state index in [-0.39, 0.29) is 5.82 Å². The molecule has 0 saturated carbocycles. The third-order valence-electron chi connectivity index (χ3n) is 1.63. The Kier molecular flexibility index (Phi) is 3.95. The fourth-order valence-electron chi connectivity index (χ4n) is 1.00. The minimum atomic E-state index is -0.315. The average Bonchev–Trinajstić information content (AvgIpc) is 2.15. The van der Waals surface area contributed by atoms with Crippen LogP contribution >= 0.6 is 15.9 Å². The van der Waals surface area contributed by atoms with Crippen LogP contribution in [0.25, 0.3) is 0 Å². The maximum atomic E-state index is 12.8. The molecule has 2 nitrogen and oxygen atoms in total. The van der Waals surface area contributed by atoms with Gasteiger partial charge >= 0.3 is 0 Å². The predicted molar refractivity (Wildman–Crippen MR) is 59.5 cm³/mol. The van der Waals surface area contributed by atoms with Gasteiger partial charge in [0, 0.05) is 17.1 Å². The van der Waals surface area contributed by atoms with Crippen molar-refractivity contribution in [2.24, 2.45) is 0 Å². The van der Waals surface area contributed by atoms with Gasteiger partial charge in [-0.05, 0) is 12.1 Å². The third-order valence-corrected chi connectivity index (χ3v) is 1.91. The van der Waals surface area contributed by atoms with Gasteiger partial charge in [0.1, 0.15) is 11.6 Å². The lowest BCUT2D eigenvalue weighted by atomic mass is 10.3. The van der Waals surface area contributed by atoms with Crippen molar-refractivity contribution < 1.29 is 9.13 Å². The van der Waals surface area contributed by atoms with Gasteiger partial charge < -0.3 is 10.1 Å². The van der Waals surface area contributed by atoms with Crippen molar-refractivity contribution in [2.45, 2.75) is 0 Å². The molecule has 0 aliphatic heterocycles. The number of benzene rings is 1. The lowest BCUT2D eigenvalue weighted by molar-refractivity contribution is 0.413. The van der Waals surface area contributed by atoms with E-state index in [0.29, 0.717) is 12.3 Å². The van der Waals surface area contributed by atoms with Gasteiger partial charge in [-0.25, -0.2) is 4.39 Å². The molecule has 0 radical (unpaired) electrons. The highest BCUT2D eigenvalue weighted by molar-refractivity contribution is 9.11. The largest absolute Gasteiger partial charge is 0.494 e. The normalized spacial score (nSPS) is 9.64. The summed E-state index contributed by atoms with van der Waals surface area (Å²) in [6.07, 6.45) is 0. The summed E-state index contributed by atoms with van der Waals surface area (Å²) in [6, 6.07) is 4.34. The summed E-state index contributed by atoms with van der Waals surface area (Å²) in [7, 11) is 1.50. The lowest BCUT2D eigenvalue weighted by Crippen LogP contribution is -2.02. The molecule has 0 spiro atoms. The number of ether oxygens (including phenoxy) is 1. The van der Waals surface area contributed by atoms with Crippen molar-refractivity contribution in [3.05, 3.63) is 35.1 Å². The Morgan fingerprint density at radius 3 is 2.93 bits per heavy atom. The Balaban J connectivity index is 2.80. The standard InChI is InChI=1S/C10H11BrFNO/c1-7(11)6-13-9-4-3-8(12)5-10(9)14-2/h3-5,13H,1,6H2,2H3. The first kappa shape index (κ1) is 11.0. The van der Waals surface area contributed by atoms with E-state index in [1.807, 2.05) is 0 Å². The van der Waals surface area contributed by atoms with Crippen LogP contribution in [-0.4, -0.2) is 13.7 Å². The minimum absolute atomic E-state index is 0.315. The molecule has 1 aromatic carbocycles. The molecule has 14 heavy (non-hydrogen) atoms. The summed E-state index contributed by atoms with van der Waals surface area (Å²) in [5.41, 5.74) is 0.745. The van der Waals surface area contributed by atoms with Crippen LogP contribution in [0.1, 0.15) is 0 Å². The molecule has 0 aliphatic rings. The monoisotopic (exact) mass is 259 g/mol. The van der Waals surface area contributed by atoms with Crippen LogP contribution in [0.15, 0.2) is 29.3 Å². The van der Waals surface area contributed by atoms with Gasteiger partial charge in [0.15, 0.2) is 0 Å². The van der Waals surface area contributed by atoms with Gasteiger partial charge in [-0.2, -0.15) is 0 Å². The zero-order valence-electron chi connectivity index (χ0n) is 7.81. The Hall–Kier alpha value is -1.03. The Morgan fingerprint density at radius 1 is 1.64 bits per heavy atom. The van der Waals surface area contributed by atoms with Crippen molar-refractivity contribution in [3.63, 3.8) is 0 Å². The smallest absolute Gasteiger partial charge is 0.144 e. The van der Waals surface area contributed by atoms with Gasteiger partial charge in [-0.15, -0.1) is 0 Å². The molecular weight excluding hydrogens is 249 g/mol. The maximum Gasteiger partial charge on any atom is 0.144 e. The number of hydrogen-bond donors (Lipinski definition) is 1. The molecule has 0 aliphatic carbocycles. The Labute approximate surface area is 90.9 Å². The molecule has 0 heterocycles. The van der Waals surface area contributed by atoms with Crippen LogP contribution in [0, 0.1) is 5.82 Å². The van der Waals surface area contributed by atoms with Crippen LogP contribution in [0.5, 0.6) is 5.75 Å². The third kappa shape index (κ3) is 3.03. The molecule has 1 N–H and O–H groups in total. The molecule has 76 valence electrons. The highest BCUT2D eigenvalue weighted by Crippen LogP contribution is 2.25. The number of methoxy groups -OCH3 is 1. The van der Waals surface area contributed by atoms with Crippen LogP contribution < -0.4 is 10.1 Å². The van der Waals surface area contributed by atoms with E-state index in [4.69, 9.17) is 4.74 Å². The van der Waals surface area contributed by atoms with E-state index in [1.54, 1.807) is 6.07 Å². The number of rotatable bonds is 4. The molecule has 0 amide bonds. The molecule has 0 saturated heterocycles. The van der Waals surface area contributed by atoms with E-state index in [9.17, 15) is 4.39 Å². The molecule has 0 bridgehead atoms. The van der Waals surface area contributed by atoms with E-state index in [2.05, 4.69) is 27.8 Å². The van der Waals surface area contributed by atoms with E-state index < -0.39 is 0 Å². The molecule has 1 aromatic rings. The van der Waals surface area contributed by atoms with Crippen LogP contribution in [0.2, 0.25) is 0 Å². The van der Waals surface area contributed by atoms with E-state index in [1.165, 1.54) is 19.2 Å². The number of nitrogens with one attached hydrogen (secondary N) is 1. The topological polar surface area (TPSA) is 21.3 Å². The highest BCUT2D eigenvalue weighted by atomic mass is 79.9. The van der Waals surface area contributed by atoms with Gasteiger partial charge in [0.25, 0.3) is 0 Å². The second-order valence-electron chi connectivity index (χ2n) is 2.72. The Morgan fingerprint density at radius 2 is 2.36 bits per heavy atom. The fourth-order valence-corrected chi connectivity index (χ4v) is 1.14. The second kappa shape index (κ2) is 5.00. The zero-order valence-corrected chi connectivity index (χ0v) is 9.40. The van der Waals surface area contributed by atoms with Gasteiger partial charge in [0.2, 0.25) is 0 Å². The molecule has 0 aromatic heterocycles. The summed E-state index contributed by atoms with van der Waals surface area (Å²) in [6.45, 7) is 4.25. The first-order valence-electron chi connectivity index (χ1n) is 4.04. The maximum absolute atomic E-state index is 12.8. The predicted octanol–water partition coefficient (Wildman–Crippen LogP) is 3.15. The molecular formula is C10H11BrFNO. The van der Waals surface area contributed by atoms with Crippen molar-refractivity contribution in [3.8, 4) is 5.75 Å². The number of halogens is 2. The highest BCUT2D eigenvalue weighted by Gasteiger charge is 2.03. The van der Waals surface area contributed by atoms with Gasteiger partial charge in [-0.3, -0.25) is 0 Å². The molecule has 4 heteroatoms. The van der Waals surface area contributed by atoms with Crippen molar-refractivity contribution in [2.75, 3.05) is 19.0 Å². The Bertz CT molecular complexity index is 341. The first-order valence-corrected chi connectivity index (χ1v) is 4.83. The second-order valence-corrected chi connectivity index (χ2v) is 3.84. The van der Waals surface area contributed by atoms with Gasteiger partial charge in [0.05, 0.1) is 12.8 Å². The lowest BCUT2D eigenvalue weighted by Gasteiger charge is -2.10. The quantitative estimate of drug-likeness (QED) is 0.897. The summed E-state index contributed by atoms with van der Waals surface area (Å²) < 4.78 is 18.6. The van der Waals surface area contributed by atoms with Crippen LogP contribution in [0.4, 0.5) is 10.1 Å². The average molecular weight is 260 g/mol. The number of anilines is 1. The molecule has 0 unspecified atom stereocenters. The zero-order chi connectivity index (χ0) is 10.6. The van der Waals surface area contributed by atoms with Crippen molar-refractivity contribution in [1.82, 2.24) is 0 Å². The van der Waals surface area contributed by atoms with Gasteiger partial charge in [-0.1, -0.05) is 22.5 Å². The minimum Gasteiger partial charge on any atom is -0.494 e. The van der Waals surface area contributed by atoms with E-state index >= 15 is 0 Å². The summed E-state index contributed by atoms with van der Waals surface area (Å²) in [5, 5.41) is 3.05. The van der Waals surface area contributed by atoms with Crippen molar-refractivity contribution >= 4 is 21.6 Å². The summed E-state index contributed by atoms with van der Waals surface area (Å²) in [5.74, 6) is 0.170. The summed E-state index contributed by atoms with van der Waals surface area (Å²) in [4.78, 5) is 0. The number of hydrogen-bond acceptors (Lipinski definition) is 2. The molecule has 1 rings (SSSR count). The van der Waals surface area contributed by atoms with Crippen molar-refractivity contribution in [1.29, 1.82) is 0 Å². The van der Waals surface area contributed by atoms with Crippen LogP contribution in [-0.2, 0) is 0 Å². The molecule has 0 fully saturated rings. The molecule has 0 atom stereocenters. The van der Waals surface area contributed by atoms with Crippen LogP contribution in [0.3, 0.4) is 0 Å². The SMILES string of the molecule is C=C(Br)CNc1ccc(F)cc1OC. The van der Waals surface area contributed by atoms with E-state index in [0.717, 1.165) is 10.2 Å². The first-order chi connectivity index (χ1) is 6.63.